The first kappa shape index (κ1) is 18.8. The highest BCUT2D eigenvalue weighted by Crippen LogP contribution is 2.25. The van der Waals surface area contributed by atoms with E-state index in [0.717, 1.165) is 33.8 Å². The molecule has 1 N–H and O–H groups in total. The lowest BCUT2D eigenvalue weighted by Crippen LogP contribution is -2.06. The van der Waals surface area contributed by atoms with Crippen molar-refractivity contribution in [3.05, 3.63) is 52.3 Å². The highest BCUT2D eigenvalue weighted by molar-refractivity contribution is 6.05. The van der Waals surface area contributed by atoms with E-state index in [1.807, 2.05) is 58.0 Å². The van der Waals surface area contributed by atoms with Gasteiger partial charge in [0, 0.05) is 16.3 Å². The van der Waals surface area contributed by atoms with Crippen molar-refractivity contribution in [2.45, 2.75) is 41.0 Å². The summed E-state index contributed by atoms with van der Waals surface area (Å²) in [5, 5.41) is 2.71. The number of pyridine rings is 1. The Morgan fingerprint density at radius 1 is 0.913 bits per heavy atom. The summed E-state index contributed by atoms with van der Waals surface area (Å²) in [7, 11) is 1.64. The molecule has 3 rings (SSSR count). The van der Waals surface area contributed by atoms with Gasteiger partial charge in [0.15, 0.2) is 0 Å². The van der Waals surface area contributed by atoms with E-state index in [9.17, 15) is 4.79 Å². The number of methoxy groups -OCH3 is 1. The Labute approximate surface area is 138 Å². The summed E-state index contributed by atoms with van der Waals surface area (Å²) >= 11 is 0. The van der Waals surface area contributed by atoms with E-state index >= 15 is 0 Å². The molecule has 0 radical (unpaired) electrons. The smallest absolute Gasteiger partial charge is 0.256 e. The van der Waals surface area contributed by atoms with Crippen molar-refractivity contribution in [1.82, 2.24) is 4.98 Å². The molecule has 23 heavy (non-hydrogen) atoms. The van der Waals surface area contributed by atoms with Gasteiger partial charge in [0.05, 0.1) is 7.11 Å². The molecule has 2 aromatic carbocycles. The monoisotopic (exact) mass is 313 g/mol. The van der Waals surface area contributed by atoms with Gasteiger partial charge >= 0.3 is 0 Å². The third kappa shape index (κ3) is 3.92. The molecule has 0 aliphatic carbocycles. The molecule has 0 aliphatic rings. The maximum Gasteiger partial charge on any atom is 0.256 e. The van der Waals surface area contributed by atoms with Crippen molar-refractivity contribution in [3.63, 3.8) is 0 Å². The Bertz CT molecular complexity index is 819. The van der Waals surface area contributed by atoms with Crippen LogP contribution >= 0.6 is 0 Å². The quantitative estimate of drug-likeness (QED) is 0.652. The van der Waals surface area contributed by atoms with E-state index in [1.165, 1.54) is 5.56 Å². The van der Waals surface area contributed by atoms with Gasteiger partial charge in [-0.05, 0) is 41.6 Å². The second-order valence-corrected chi connectivity index (χ2v) is 4.60. The third-order valence-electron chi connectivity index (χ3n) is 3.50. The molecule has 0 bridgehead atoms. The zero-order valence-electron chi connectivity index (χ0n) is 15.0. The molecule has 1 heterocycles. The number of aryl methyl sites for hydroxylation is 1. The highest BCUT2D eigenvalue weighted by atomic mass is 16.5. The molecule has 3 aromatic rings. The predicted octanol–water partition coefficient (Wildman–Crippen LogP) is 5.30. The van der Waals surface area contributed by atoms with Crippen molar-refractivity contribution >= 4 is 21.7 Å². The number of nitrogens with one attached hydrogen (secondary N) is 1. The van der Waals surface area contributed by atoms with Crippen molar-refractivity contribution in [2.24, 2.45) is 0 Å². The van der Waals surface area contributed by atoms with Gasteiger partial charge in [-0.1, -0.05) is 46.8 Å². The van der Waals surface area contributed by atoms with Gasteiger partial charge in [-0.3, -0.25) is 4.79 Å². The van der Waals surface area contributed by atoms with E-state index in [-0.39, 0.29) is 5.56 Å². The Balaban J connectivity index is 0.000000615. The molecule has 0 unspecified atom stereocenters. The molecule has 0 fully saturated rings. The van der Waals surface area contributed by atoms with Crippen LogP contribution < -0.4 is 10.3 Å². The van der Waals surface area contributed by atoms with Crippen molar-refractivity contribution in [3.8, 4) is 5.75 Å². The molecule has 3 heteroatoms. The van der Waals surface area contributed by atoms with Crippen LogP contribution in [0.25, 0.3) is 21.7 Å². The van der Waals surface area contributed by atoms with Gasteiger partial charge in [-0.15, -0.1) is 0 Å². The Morgan fingerprint density at radius 3 is 2.22 bits per heavy atom. The first-order valence-corrected chi connectivity index (χ1v) is 8.35. The van der Waals surface area contributed by atoms with Crippen LogP contribution in [0.3, 0.4) is 0 Å². The molecule has 0 aliphatic heterocycles. The zero-order valence-corrected chi connectivity index (χ0v) is 15.0. The fourth-order valence-corrected chi connectivity index (χ4v) is 2.41. The highest BCUT2D eigenvalue weighted by Gasteiger charge is 2.06. The minimum atomic E-state index is -0.0389. The standard InChI is InChI=1S/C16H15NO2.2C2H6/c1-3-10-4-6-12-13-9-11(19-2)5-7-15(13)17-16(18)14(12)8-10;2*1-2/h4-9H,3H2,1-2H3,(H,17,18);2*1-2H3. The number of aromatic nitrogens is 1. The fraction of sp³-hybridized carbons (Fsp3) is 0.350. The lowest BCUT2D eigenvalue weighted by Gasteiger charge is -2.07. The largest absolute Gasteiger partial charge is 0.497 e. The number of H-pyrrole nitrogens is 1. The molecule has 1 aromatic heterocycles. The average Bonchev–Trinajstić information content (AvgIpc) is 2.64. The van der Waals surface area contributed by atoms with E-state index in [4.69, 9.17) is 4.74 Å². The summed E-state index contributed by atoms with van der Waals surface area (Å²) < 4.78 is 5.25. The van der Waals surface area contributed by atoms with Crippen LogP contribution in [0.1, 0.15) is 40.2 Å². The normalized spacial score (nSPS) is 9.65. The number of fused-ring (bicyclic) bond motifs is 3. The first-order valence-electron chi connectivity index (χ1n) is 8.35. The number of hydrogen-bond donors (Lipinski definition) is 1. The second-order valence-electron chi connectivity index (χ2n) is 4.60. The molecule has 0 spiro atoms. The van der Waals surface area contributed by atoms with Gasteiger partial charge in [-0.2, -0.15) is 0 Å². The molecular formula is C20H27NO2. The fourth-order valence-electron chi connectivity index (χ4n) is 2.41. The van der Waals surface area contributed by atoms with Crippen molar-refractivity contribution in [1.29, 1.82) is 0 Å². The summed E-state index contributed by atoms with van der Waals surface area (Å²) in [5.41, 5.74) is 1.96. The lowest BCUT2D eigenvalue weighted by atomic mass is 10.0. The molecule has 0 saturated heterocycles. The molecule has 3 nitrogen and oxygen atoms in total. The van der Waals surface area contributed by atoms with E-state index in [0.29, 0.717) is 0 Å². The Morgan fingerprint density at radius 2 is 1.61 bits per heavy atom. The Hall–Kier alpha value is -2.29. The first-order chi connectivity index (χ1) is 11.2. The van der Waals surface area contributed by atoms with Crippen LogP contribution in [0, 0.1) is 0 Å². The predicted molar refractivity (Wildman–Crippen MR) is 101 cm³/mol. The van der Waals surface area contributed by atoms with Gasteiger partial charge in [0.1, 0.15) is 5.75 Å². The number of ether oxygens (including phenoxy) is 1. The summed E-state index contributed by atoms with van der Waals surface area (Å²) in [4.78, 5) is 15.1. The van der Waals surface area contributed by atoms with Crippen molar-refractivity contribution < 1.29 is 4.74 Å². The summed E-state index contributed by atoms with van der Waals surface area (Å²) in [6.07, 6.45) is 0.922. The van der Waals surface area contributed by atoms with Crippen LogP contribution in [-0.2, 0) is 6.42 Å². The number of rotatable bonds is 2. The maximum absolute atomic E-state index is 12.1. The SMILES string of the molecule is CC.CC.CCc1ccc2c(c1)c(=O)[nH]c1ccc(OC)cc12. The van der Waals surface area contributed by atoms with E-state index in [2.05, 4.69) is 18.0 Å². The minimum Gasteiger partial charge on any atom is -0.497 e. The zero-order chi connectivity index (χ0) is 17.4. The molecular weight excluding hydrogens is 286 g/mol. The summed E-state index contributed by atoms with van der Waals surface area (Å²) in [6.45, 7) is 10.1. The van der Waals surface area contributed by atoms with Gasteiger partial charge in [-0.25, -0.2) is 0 Å². The van der Waals surface area contributed by atoms with E-state index < -0.39 is 0 Å². The maximum atomic E-state index is 12.1. The minimum absolute atomic E-state index is 0.0389. The molecule has 0 atom stereocenters. The second kappa shape index (κ2) is 8.99. The number of hydrogen-bond acceptors (Lipinski definition) is 2. The van der Waals surface area contributed by atoms with Gasteiger partial charge < -0.3 is 9.72 Å². The summed E-state index contributed by atoms with van der Waals surface area (Å²) in [6, 6.07) is 11.7. The van der Waals surface area contributed by atoms with Crippen LogP contribution in [-0.4, -0.2) is 12.1 Å². The average molecular weight is 313 g/mol. The van der Waals surface area contributed by atoms with Crippen LogP contribution in [0.5, 0.6) is 5.75 Å². The molecule has 0 saturated carbocycles. The Kier molecular flexibility index (Phi) is 7.33. The van der Waals surface area contributed by atoms with Crippen LogP contribution in [0.4, 0.5) is 0 Å². The number of benzene rings is 2. The third-order valence-corrected chi connectivity index (χ3v) is 3.50. The van der Waals surface area contributed by atoms with E-state index in [1.54, 1.807) is 7.11 Å². The lowest BCUT2D eigenvalue weighted by molar-refractivity contribution is 0.415. The topological polar surface area (TPSA) is 42.1 Å². The van der Waals surface area contributed by atoms with Crippen LogP contribution in [0.15, 0.2) is 41.2 Å². The molecule has 0 amide bonds. The van der Waals surface area contributed by atoms with Gasteiger partial charge in [0.25, 0.3) is 5.56 Å². The van der Waals surface area contributed by atoms with Crippen molar-refractivity contribution in [2.75, 3.05) is 7.11 Å². The van der Waals surface area contributed by atoms with Crippen LogP contribution in [0.2, 0.25) is 0 Å². The molecule has 124 valence electrons. The number of aromatic amines is 1. The van der Waals surface area contributed by atoms with Gasteiger partial charge in [0.2, 0.25) is 0 Å². The summed E-state index contributed by atoms with van der Waals surface area (Å²) in [5.74, 6) is 0.792.